The minimum Gasteiger partial charge on any atom is -0.378 e. The molecule has 0 bridgehead atoms. The Kier molecular flexibility index (Phi) is 2.73. The van der Waals surface area contributed by atoms with Gasteiger partial charge in [0.15, 0.2) is 6.10 Å². The van der Waals surface area contributed by atoms with Crippen LogP contribution < -0.4 is 5.32 Å². The molecule has 0 saturated carbocycles. The molecule has 0 aliphatic carbocycles. The van der Waals surface area contributed by atoms with Crippen molar-refractivity contribution < 1.29 is 9.90 Å². The summed E-state index contributed by atoms with van der Waals surface area (Å²) in [5.41, 5.74) is 2.65. The van der Waals surface area contributed by atoms with E-state index in [0.717, 1.165) is 24.9 Å². The highest BCUT2D eigenvalue weighted by Gasteiger charge is 2.28. The van der Waals surface area contributed by atoms with Gasteiger partial charge in [0.2, 0.25) is 0 Å². The number of carbonyl (C=O) groups is 1. The van der Waals surface area contributed by atoms with Gasteiger partial charge < -0.3 is 10.4 Å². The number of anilines is 1. The SMILES string of the molecule is CCCCc1ccc2c(c1)C(O)C(=O)N2. The van der Waals surface area contributed by atoms with Crippen LogP contribution in [0, 0.1) is 0 Å². The summed E-state index contributed by atoms with van der Waals surface area (Å²) < 4.78 is 0. The predicted molar refractivity (Wildman–Crippen MR) is 58.6 cm³/mol. The van der Waals surface area contributed by atoms with E-state index in [1.165, 1.54) is 5.56 Å². The molecule has 80 valence electrons. The van der Waals surface area contributed by atoms with Crippen molar-refractivity contribution >= 4 is 11.6 Å². The Bertz CT molecular complexity index is 387. The summed E-state index contributed by atoms with van der Waals surface area (Å²) in [6, 6.07) is 5.80. The molecule has 1 atom stereocenters. The maximum atomic E-state index is 11.2. The zero-order valence-electron chi connectivity index (χ0n) is 8.79. The van der Waals surface area contributed by atoms with E-state index in [4.69, 9.17) is 0 Å². The molecule has 1 aromatic rings. The zero-order chi connectivity index (χ0) is 10.8. The maximum absolute atomic E-state index is 11.2. The van der Waals surface area contributed by atoms with Crippen molar-refractivity contribution in [3.8, 4) is 0 Å². The normalized spacial score (nSPS) is 18.8. The van der Waals surface area contributed by atoms with Gasteiger partial charge in [-0.2, -0.15) is 0 Å². The molecule has 0 radical (unpaired) electrons. The first kappa shape index (κ1) is 10.2. The van der Waals surface area contributed by atoms with Gasteiger partial charge >= 0.3 is 0 Å². The molecule has 1 amide bonds. The number of benzene rings is 1. The molecule has 0 spiro atoms. The van der Waals surface area contributed by atoms with E-state index < -0.39 is 6.10 Å². The van der Waals surface area contributed by atoms with Crippen LogP contribution in [-0.2, 0) is 11.2 Å². The number of amides is 1. The Balaban J connectivity index is 2.23. The number of aliphatic hydroxyl groups excluding tert-OH is 1. The summed E-state index contributed by atoms with van der Waals surface area (Å²) in [6.45, 7) is 2.15. The van der Waals surface area contributed by atoms with E-state index in [1.54, 1.807) is 0 Å². The van der Waals surface area contributed by atoms with Crippen molar-refractivity contribution in [2.45, 2.75) is 32.3 Å². The highest BCUT2D eigenvalue weighted by molar-refractivity contribution is 6.01. The quantitative estimate of drug-likeness (QED) is 0.793. The van der Waals surface area contributed by atoms with Crippen molar-refractivity contribution in [3.63, 3.8) is 0 Å². The summed E-state index contributed by atoms with van der Waals surface area (Å²) >= 11 is 0. The van der Waals surface area contributed by atoms with E-state index in [9.17, 15) is 9.90 Å². The van der Waals surface area contributed by atoms with Crippen LogP contribution in [0.2, 0.25) is 0 Å². The summed E-state index contributed by atoms with van der Waals surface area (Å²) in [5.74, 6) is -0.322. The van der Waals surface area contributed by atoms with Gasteiger partial charge in [0, 0.05) is 11.3 Å². The molecule has 0 aromatic heterocycles. The van der Waals surface area contributed by atoms with Crippen molar-refractivity contribution in [2.75, 3.05) is 5.32 Å². The van der Waals surface area contributed by atoms with Crippen molar-refractivity contribution in [1.29, 1.82) is 0 Å². The number of nitrogens with one attached hydrogen (secondary N) is 1. The van der Waals surface area contributed by atoms with Crippen LogP contribution in [0.1, 0.15) is 37.0 Å². The Morgan fingerprint density at radius 1 is 1.47 bits per heavy atom. The Hall–Kier alpha value is -1.35. The average molecular weight is 205 g/mol. The van der Waals surface area contributed by atoms with Gasteiger partial charge in [-0.1, -0.05) is 25.5 Å². The van der Waals surface area contributed by atoms with E-state index in [-0.39, 0.29) is 5.91 Å². The molecule has 2 rings (SSSR count). The third-order valence-corrected chi connectivity index (χ3v) is 2.74. The van der Waals surface area contributed by atoms with E-state index in [0.29, 0.717) is 5.56 Å². The number of aliphatic hydroxyl groups is 1. The van der Waals surface area contributed by atoms with Crippen LogP contribution in [0.5, 0.6) is 0 Å². The smallest absolute Gasteiger partial charge is 0.257 e. The molecule has 0 saturated heterocycles. The van der Waals surface area contributed by atoms with Crippen LogP contribution in [0.4, 0.5) is 5.69 Å². The standard InChI is InChI=1S/C12H15NO2/c1-2-3-4-8-5-6-10-9(7-8)11(14)12(15)13-10/h5-7,11,14H,2-4H2,1H3,(H,13,15). The second kappa shape index (κ2) is 4.03. The molecule has 1 aliphatic rings. The highest BCUT2D eigenvalue weighted by Crippen LogP contribution is 2.31. The molecule has 1 aromatic carbocycles. The molecule has 15 heavy (non-hydrogen) atoms. The summed E-state index contributed by atoms with van der Waals surface area (Å²) in [4.78, 5) is 11.2. The third-order valence-electron chi connectivity index (χ3n) is 2.74. The molecule has 1 heterocycles. The molecular formula is C12H15NO2. The topological polar surface area (TPSA) is 49.3 Å². The first-order chi connectivity index (χ1) is 7.22. The number of aryl methyl sites for hydroxylation is 1. The first-order valence-corrected chi connectivity index (χ1v) is 5.34. The lowest BCUT2D eigenvalue weighted by Crippen LogP contribution is -2.10. The number of hydrogen-bond donors (Lipinski definition) is 2. The third kappa shape index (κ3) is 1.88. The van der Waals surface area contributed by atoms with Gasteiger partial charge in [-0.3, -0.25) is 4.79 Å². The van der Waals surface area contributed by atoms with Crippen molar-refractivity contribution in [2.24, 2.45) is 0 Å². The fourth-order valence-electron chi connectivity index (χ4n) is 1.83. The van der Waals surface area contributed by atoms with Gasteiger partial charge in [-0.15, -0.1) is 0 Å². The van der Waals surface area contributed by atoms with E-state index in [1.807, 2.05) is 18.2 Å². The molecule has 3 heteroatoms. The Labute approximate surface area is 89.1 Å². The zero-order valence-corrected chi connectivity index (χ0v) is 8.79. The van der Waals surface area contributed by atoms with Crippen LogP contribution in [0.15, 0.2) is 18.2 Å². The molecule has 1 unspecified atom stereocenters. The molecular weight excluding hydrogens is 190 g/mol. The lowest BCUT2D eigenvalue weighted by atomic mass is 10.0. The minimum absolute atomic E-state index is 0.322. The number of unbranched alkanes of at least 4 members (excludes halogenated alkanes) is 1. The Morgan fingerprint density at radius 2 is 2.27 bits per heavy atom. The van der Waals surface area contributed by atoms with Gasteiger partial charge in [-0.25, -0.2) is 0 Å². The maximum Gasteiger partial charge on any atom is 0.257 e. The van der Waals surface area contributed by atoms with E-state index in [2.05, 4.69) is 12.2 Å². The van der Waals surface area contributed by atoms with Crippen LogP contribution in [-0.4, -0.2) is 11.0 Å². The average Bonchev–Trinajstić information content (AvgIpc) is 2.52. The highest BCUT2D eigenvalue weighted by atomic mass is 16.3. The number of carbonyl (C=O) groups excluding carboxylic acids is 1. The summed E-state index contributed by atoms with van der Waals surface area (Å²) in [5, 5.41) is 12.2. The number of hydrogen-bond acceptors (Lipinski definition) is 2. The summed E-state index contributed by atoms with van der Waals surface area (Å²) in [7, 11) is 0. The monoisotopic (exact) mass is 205 g/mol. The van der Waals surface area contributed by atoms with E-state index >= 15 is 0 Å². The van der Waals surface area contributed by atoms with Crippen molar-refractivity contribution in [3.05, 3.63) is 29.3 Å². The lowest BCUT2D eigenvalue weighted by Gasteiger charge is -2.04. The summed E-state index contributed by atoms with van der Waals surface area (Å²) in [6.07, 6.45) is 2.30. The predicted octanol–water partition coefficient (Wildman–Crippen LogP) is 2.01. The van der Waals surface area contributed by atoms with Crippen LogP contribution in [0.3, 0.4) is 0 Å². The number of rotatable bonds is 3. The number of fused-ring (bicyclic) bond motifs is 1. The van der Waals surface area contributed by atoms with Gasteiger partial charge in [-0.05, 0) is 24.5 Å². The fourth-order valence-corrected chi connectivity index (χ4v) is 1.83. The molecule has 2 N–H and O–H groups in total. The fraction of sp³-hybridized carbons (Fsp3) is 0.417. The van der Waals surface area contributed by atoms with Crippen LogP contribution >= 0.6 is 0 Å². The second-order valence-corrected chi connectivity index (χ2v) is 3.92. The minimum atomic E-state index is -0.985. The van der Waals surface area contributed by atoms with Crippen LogP contribution in [0.25, 0.3) is 0 Å². The molecule has 0 fully saturated rings. The van der Waals surface area contributed by atoms with Gasteiger partial charge in [0.25, 0.3) is 5.91 Å². The molecule has 1 aliphatic heterocycles. The largest absolute Gasteiger partial charge is 0.378 e. The Morgan fingerprint density at radius 3 is 3.00 bits per heavy atom. The molecule has 3 nitrogen and oxygen atoms in total. The lowest BCUT2D eigenvalue weighted by molar-refractivity contribution is -0.123. The first-order valence-electron chi connectivity index (χ1n) is 5.34. The second-order valence-electron chi connectivity index (χ2n) is 3.92. The van der Waals surface area contributed by atoms with Gasteiger partial charge in [0.1, 0.15) is 0 Å². The van der Waals surface area contributed by atoms with Gasteiger partial charge in [0.05, 0.1) is 0 Å². The van der Waals surface area contributed by atoms with Crippen molar-refractivity contribution in [1.82, 2.24) is 0 Å².